The molecule has 2 aliphatic heterocycles. The van der Waals surface area contributed by atoms with Gasteiger partial charge in [-0.25, -0.2) is 9.50 Å². The number of hydrogen-bond acceptors (Lipinski definition) is 9. The van der Waals surface area contributed by atoms with Crippen molar-refractivity contribution >= 4 is 23.3 Å². The standard InChI is InChI=1S/C19H24N4O6/c1-18(2)6-13(25)27-15-11(8-24)29-19(3,16(15)28-14(26)7-18)12-5-4-10-17(20)21-9-22-23(10)12/h4-5,9,11,15-16,24H,6-8H2,1-3H3,(H2,20,21,22)/t11-,15-,16-,19+/m1/s1. The Morgan fingerprint density at radius 3 is 2.59 bits per heavy atom. The fourth-order valence-electron chi connectivity index (χ4n) is 4.17. The van der Waals surface area contributed by atoms with Crippen LogP contribution in [-0.2, 0) is 29.4 Å². The van der Waals surface area contributed by atoms with Gasteiger partial charge in [0.05, 0.1) is 25.1 Å². The molecule has 4 atom stereocenters. The molecule has 0 radical (unpaired) electrons. The minimum atomic E-state index is -1.24. The number of carbonyl (C=O) groups excluding carboxylic acids is 2. The molecule has 2 aromatic heterocycles. The molecule has 0 saturated carbocycles. The number of aromatic nitrogens is 3. The minimum Gasteiger partial charge on any atom is -0.455 e. The Hall–Kier alpha value is -2.72. The molecule has 2 aromatic rings. The number of anilines is 1. The second kappa shape index (κ2) is 6.67. The first-order valence-corrected chi connectivity index (χ1v) is 9.41. The molecule has 2 aliphatic rings. The predicted molar refractivity (Wildman–Crippen MR) is 99.5 cm³/mol. The van der Waals surface area contributed by atoms with Crippen LogP contribution in [0.4, 0.5) is 5.82 Å². The average Bonchev–Trinajstić information content (AvgIpc) is 3.17. The van der Waals surface area contributed by atoms with Crippen molar-refractivity contribution in [1.29, 1.82) is 0 Å². The molecule has 0 spiro atoms. The van der Waals surface area contributed by atoms with E-state index in [0.29, 0.717) is 11.2 Å². The molecule has 2 fully saturated rings. The number of carbonyl (C=O) groups is 2. The van der Waals surface area contributed by atoms with Crippen LogP contribution in [0.2, 0.25) is 0 Å². The highest BCUT2D eigenvalue weighted by Gasteiger charge is 2.59. The minimum absolute atomic E-state index is 0.0508. The van der Waals surface area contributed by atoms with Crippen LogP contribution < -0.4 is 5.73 Å². The van der Waals surface area contributed by atoms with Gasteiger partial charge in [0.2, 0.25) is 0 Å². The number of nitrogen functional groups attached to an aromatic ring is 1. The topological polar surface area (TPSA) is 138 Å². The average molecular weight is 404 g/mol. The van der Waals surface area contributed by atoms with Crippen molar-refractivity contribution in [2.24, 2.45) is 5.41 Å². The van der Waals surface area contributed by atoms with Gasteiger partial charge in [-0.2, -0.15) is 5.10 Å². The fraction of sp³-hybridized carbons (Fsp3) is 0.579. The highest BCUT2D eigenvalue weighted by Crippen LogP contribution is 2.44. The van der Waals surface area contributed by atoms with Gasteiger partial charge in [0.15, 0.2) is 18.0 Å². The summed E-state index contributed by atoms with van der Waals surface area (Å²) >= 11 is 0. The first-order valence-electron chi connectivity index (χ1n) is 9.41. The van der Waals surface area contributed by atoms with E-state index in [2.05, 4.69) is 10.1 Å². The number of esters is 2. The molecule has 29 heavy (non-hydrogen) atoms. The van der Waals surface area contributed by atoms with Crippen molar-refractivity contribution in [3.8, 4) is 0 Å². The lowest BCUT2D eigenvalue weighted by molar-refractivity contribution is -0.168. The van der Waals surface area contributed by atoms with Gasteiger partial charge in [0.1, 0.15) is 23.5 Å². The van der Waals surface area contributed by atoms with Crippen molar-refractivity contribution in [2.75, 3.05) is 12.3 Å². The van der Waals surface area contributed by atoms with Crippen molar-refractivity contribution in [3.05, 3.63) is 24.2 Å². The highest BCUT2D eigenvalue weighted by atomic mass is 16.6. The summed E-state index contributed by atoms with van der Waals surface area (Å²) < 4.78 is 19.1. The maximum atomic E-state index is 12.7. The summed E-state index contributed by atoms with van der Waals surface area (Å²) in [6.45, 7) is 4.90. The lowest BCUT2D eigenvalue weighted by atomic mass is 9.86. The van der Waals surface area contributed by atoms with E-state index in [1.807, 2.05) is 0 Å². The van der Waals surface area contributed by atoms with Gasteiger partial charge in [-0.05, 0) is 24.5 Å². The van der Waals surface area contributed by atoms with Gasteiger partial charge in [-0.1, -0.05) is 13.8 Å². The Bertz CT molecular complexity index is 973. The van der Waals surface area contributed by atoms with Gasteiger partial charge < -0.3 is 25.1 Å². The maximum Gasteiger partial charge on any atom is 0.306 e. The molecule has 156 valence electrons. The van der Waals surface area contributed by atoms with Gasteiger partial charge >= 0.3 is 11.9 Å². The third-order valence-electron chi connectivity index (χ3n) is 5.55. The molecule has 4 rings (SSSR count). The summed E-state index contributed by atoms with van der Waals surface area (Å²) in [4.78, 5) is 29.1. The van der Waals surface area contributed by atoms with Crippen molar-refractivity contribution in [2.45, 2.75) is 57.5 Å². The molecular formula is C19H24N4O6. The molecule has 10 nitrogen and oxygen atoms in total. The number of aliphatic hydroxyl groups excluding tert-OH is 1. The van der Waals surface area contributed by atoms with Gasteiger partial charge in [-0.15, -0.1) is 0 Å². The Morgan fingerprint density at radius 1 is 1.21 bits per heavy atom. The van der Waals surface area contributed by atoms with Crippen LogP contribution in [0.3, 0.4) is 0 Å². The maximum absolute atomic E-state index is 12.7. The zero-order valence-electron chi connectivity index (χ0n) is 16.5. The summed E-state index contributed by atoms with van der Waals surface area (Å²) in [5, 5.41) is 14.1. The number of ether oxygens (including phenoxy) is 3. The number of rotatable bonds is 2. The Kier molecular flexibility index (Phi) is 4.50. The van der Waals surface area contributed by atoms with E-state index >= 15 is 0 Å². The number of nitrogens with two attached hydrogens (primary N) is 1. The van der Waals surface area contributed by atoms with Crippen LogP contribution in [0.25, 0.3) is 5.52 Å². The molecule has 0 aromatic carbocycles. The molecule has 0 bridgehead atoms. The number of fused-ring (bicyclic) bond motifs is 2. The lowest BCUT2D eigenvalue weighted by Gasteiger charge is -2.31. The summed E-state index contributed by atoms with van der Waals surface area (Å²) in [6.07, 6.45) is -1.39. The normalized spacial score (nSPS) is 32.1. The van der Waals surface area contributed by atoms with E-state index in [-0.39, 0.29) is 18.7 Å². The third kappa shape index (κ3) is 3.22. The highest BCUT2D eigenvalue weighted by molar-refractivity contribution is 5.75. The van der Waals surface area contributed by atoms with Crippen LogP contribution in [0.1, 0.15) is 39.3 Å². The molecule has 2 saturated heterocycles. The summed E-state index contributed by atoms with van der Waals surface area (Å²) in [6, 6.07) is 3.47. The number of hydrogen-bond donors (Lipinski definition) is 2. The number of nitrogens with zero attached hydrogens (tertiary/aromatic N) is 3. The zero-order chi connectivity index (χ0) is 21.0. The summed E-state index contributed by atoms with van der Waals surface area (Å²) in [7, 11) is 0. The Labute approximate surface area is 166 Å². The molecule has 0 unspecified atom stereocenters. The van der Waals surface area contributed by atoms with E-state index < -0.39 is 47.9 Å². The van der Waals surface area contributed by atoms with Gasteiger partial charge in [0.25, 0.3) is 0 Å². The molecule has 3 N–H and O–H groups in total. The SMILES string of the molecule is CC1(C)CC(=O)O[C@H]2[C@@H](OC(=O)C1)[C@](C)(c1ccc3c(N)ncnn13)O[C@@H]2CO. The zero-order valence-corrected chi connectivity index (χ0v) is 16.5. The first kappa shape index (κ1) is 19.6. The lowest BCUT2D eigenvalue weighted by Crippen LogP contribution is -2.44. The summed E-state index contributed by atoms with van der Waals surface area (Å²) in [5.41, 5.74) is 5.17. The van der Waals surface area contributed by atoms with Crippen LogP contribution in [0.15, 0.2) is 18.5 Å². The second-order valence-electron chi connectivity index (χ2n) is 8.49. The monoisotopic (exact) mass is 404 g/mol. The van der Waals surface area contributed by atoms with Gasteiger partial charge in [0, 0.05) is 0 Å². The van der Waals surface area contributed by atoms with Gasteiger partial charge in [-0.3, -0.25) is 9.59 Å². The molecular weight excluding hydrogens is 380 g/mol. The largest absolute Gasteiger partial charge is 0.455 e. The van der Waals surface area contributed by atoms with Crippen molar-refractivity contribution in [3.63, 3.8) is 0 Å². The Morgan fingerprint density at radius 2 is 1.90 bits per heavy atom. The molecule has 0 amide bonds. The smallest absolute Gasteiger partial charge is 0.306 e. The first-order chi connectivity index (χ1) is 13.6. The molecule has 10 heteroatoms. The van der Waals surface area contributed by atoms with Crippen LogP contribution >= 0.6 is 0 Å². The Balaban J connectivity index is 1.82. The second-order valence-corrected chi connectivity index (χ2v) is 8.49. The summed E-state index contributed by atoms with van der Waals surface area (Å²) in [5.74, 6) is -0.657. The van der Waals surface area contributed by atoms with Crippen LogP contribution in [0, 0.1) is 5.41 Å². The van der Waals surface area contributed by atoms with E-state index in [1.165, 1.54) is 6.33 Å². The molecule has 4 heterocycles. The fourth-order valence-corrected chi connectivity index (χ4v) is 4.17. The number of aliphatic hydroxyl groups is 1. The van der Waals surface area contributed by atoms with Crippen LogP contribution in [-0.4, -0.2) is 56.6 Å². The van der Waals surface area contributed by atoms with E-state index in [0.717, 1.165) is 0 Å². The van der Waals surface area contributed by atoms with Crippen molar-refractivity contribution in [1.82, 2.24) is 14.6 Å². The van der Waals surface area contributed by atoms with E-state index in [9.17, 15) is 14.7 Å². The quantitative estimate of drug-likeness (QED) is 0.687. The predicted octanol–water partition coefficient (Wildman–Crippen LogP) is 0.561. The van der Waals surface area contributed by atoms with E-state index in [1.54, 1.807) is 37.4 Å². The van der Waals surface area contributed by atoms with E-state index in [4.69, 9.17) is 19.9 Å². The molecule has 0 aliphatic carbocycles. The van der Waals surface area contributed by atoms with Crippen molar-refractivity contribution < 1.29 is 28.9 Å². The third-order valence-corrected chi connectivity index (χ3v) is 5.55. The van der Waals surface area contributed by atoms with Crippen LogP contribution in [0.5, 0.6) is 0 Å².